The summed E-state index contributed by atoms with van der Waals surface area (Å²) in [4.78, 5) is 4.78. The molecule has 7 heteroatoms. The van der Waals surface area contributed by atoms with Crippen molar-refractivity contribution in [3.05, 3.63) is 342 Å². The molecule has 0 fully saturated rings. The van der Waals surface area contributed by atoms with Gasteiger partial charge >= 0.3 is 0 Å². The molecule has 0 bridgehead atoms. The summed E-state index contributed by atoms with van der Waals surface area (Å²) in [5.74, 6) is 0. The second-order valence-corrected chi connectivity index (χ2v) is 36.0. The smallest absolute Gasteiger partial charge is 0.160 e. The Hall–Kier alpha value is -11.9. The minimum Gasteiger partial charge on any atom is -0.454 e. The van der Waals surface area contributed by atoms with Crippen LogP contribution >= 0.6 is 0 Å². The molecule has 6 nitrogen and oxygen atoms in total. The molecule has 510 valence electrons. The summed E-state index contributed by atoms with van der Waals surface area (Å²) in [6, 6.07) is 112. The van der Waals surface area contributed by atoms with Crippen LogP contribution in [0.15, 0.2) is 321 Å². The summed E-state index contributed by atoms with van der Waals surface area (Å²) >= 11 is 0. The number of fused-ring (bicyclic) bond motifs is 17. The van der Waals surface area contributed by atoms with Gasteiger partial charge in [-0.25, -0.2) is 0 Å². The zero-order valence-electron chi connectivity index (χ0n) is 60.9. The van der Waals surface area contributed by atoms with Gasteiger partial charge in [-0.2, -0.15) is 0 Å². The van der Waals surface area contributed by atoms with Gasteiger partial charge in [-0.05, 0) is 155 Å². The lowest BCUT2D eigenvalue weighted by Gasteiger charge is -2.37. The molecule has 1 aliphatic carbocycles. The normalized spacial score (nSPS) is 13.3. The third-order valence-electron chi connectivity index (χ3n) is 22.8. The molecule has 0 unspecified atom stereocenters. The number of furan rings is 4. The van der Waals surface area contributed by atoms with Crippen LogP contribution in [0.25, 0.3) is 98.9 Å². The van der Waals surface area contributed by atoms with Crippen molar-refractivity contribution in [2.24, 2.45) is 0 Å². The van der Waals surface area contributed by atoms with Gasteiger partial charge in [-0.1, -0.05) is 299 Å². The number of para-hydroxylation sites is 8. The molecule has 105 heavy (non-hydrogen) atoms. The van der Waals surface area contributed by atoms with E-state index in [2.05, 4.69) is 382 Å². The highest BCUT2D eigenvalue weighted by Crippen LogP contribution is 2.65. The number of hydrogen-bond donors (Lipinski definition) is 0. The average molecular weight is 1380 g/mol. The Morgan fingerprint density at radius 2 is 0.571 bits per heavy atom. The first-order valence-corrected chi connectivity index (χ1v) is 39.3. The Morgan fingerprint density at radius 1 is 0.276 bits per heavy atom. The number of benzene rings is 14. The van der Waals surface area contributed by atoms with Crippen LogP contribution < -0.4 is 25.4 Å². The maximum atomic E-state index is 7.66. The second kappa shape index (κ2) is 23.6. The van der Waals surface area contributed by atoms with Gasteiger partial charge in [0.1, 0.15) is 30.4 Å². The fraction of sp³-hybridized carbons (Fsp3) is 0.143. The predicted molar refractivity (Wildman–Crippen MR) is 442 cm³/mol. The summed E-state index contributed by atoms with van der Waals surface area (Å²) in [5, 5.41) is 12.2. The molecule has 1 aliphatic rings. The summed E-state index contributed by atoms with van der Waals surface area (Å²) in [7, 11) is -2.82. The lowest BCUT2D eigenvalue weighted by molar-refractivity contribution is 0.589. The van der Waals surface area contributed by atoms with Crippen LogP contribution in [0, 0.1) is 0 Å². The Labute approximate surface area is 613 Å². The monoisotopic (exact) mass is 1380 g/mol. The van der Waals surface area contributed by atoms with E-state index in [0.717, 1.165) is 155 Å². The van der Waals surface area contributed by atoms with Gasteiger partial charge in [0.05, 0.1) is 28.2 Å². The van der Waals surface area contributed by atoms with Gasteiger partial charge in [0, 0.05) is 54.5 Å². The van der Waals surface area contributed by atoms with Crippen LogP contribution in [-0.2, 0) is 21.7 Å². The van der Waals surface area contributed by atoms with E-state index < -0.39 is 13.5 Å². The molecule has 0 amide bonds. The molecule has 0 spiro atoms. The van der Waals surface area contributed by atoms with E-state index in [4.69, 9.17) is 17.7 Å². The van der Waals surface area contributed by atoms with Gasteiger partial charge in [-0.3, -0.25) is 0 Å². The van der Waals surface area contributed by atoms with Crippen molar-refractivity contribution in [1.82, 2.24) is 0 Å². The topological polar surface area (TPSA) is 59.0 Å². The summed E-state index contributed by atoms with van der Waals surface area (Å²) in [5.41, 5.74) is 20.9. The molecule has 0 saturated carbocycles. The molecule has 0 aliphatic heterocycles. The standard InChI is InChI=1S/C98H80N2O4Si/c1-95(2,3)61-43-45-64(46-44-61)98(65-51-57-70(58-52-65)105(10,68-53-47-62(48-54-68)96(4,5)6)69-55-49-63(50-56-69)97(7,8)9)77-59-81(99(66-27-13-11-14-28-66)79-37-25-35-73-71-31-17-21-39-83(71)101-91(73)79)93-87(75-33-19-23-41-85(75)103-93)89(77)90-78(98)60-82(94-88(90)76-34-20-24-42-86(76)104-94)100(67-29-15-12-16-30-67)80-38-26-36-74-72-32-18-22-40-84(72)102-92(74)80/h11-60H,1-10H3. The molecular formula is C98H80N2O4Si. The molecule has 0 atom stereocenters. The highest BCUT2D eigenvalue weighted by atomic mass is 28.3. The van der Waals surface area contributed by atoms with E-state index in [-0.39, 0.29) is 16.2 Å². The van der Waals surface area contributed by atoms with Crippen molar-refractivity contribution in [1.29, 1.82) is 0 Å². The highest BCUT2D eigenvalue weighted by Gasteiger charge is 2.51. The molecule has 0 radical (unpaired) electrons. The number of hydrogen-bond acceptors (Lipinski definition) is 6. The van der Waals surface area contributed by atoms with Crippen molar-refractivity contribution in [3.63, 3.8) is 0 Å². The van der Waals surface area contributed by atoms with Gasteiger partial charge in [0.15, 0.2) is 22.3 Å². The van der Waals surface area contributed by atoms with Crippen molar-refractivity contribution in [2.45, 2.75) is 90.5 Å². The van der Waals surface area contributed by atoms with Crippen LogP contribution in [-0.4, -0.2) is 8.07 Å². The van der Waals surface area contributed by atoms with Crippen LogP contribution in [0.1, 0.15) is 101 Å². The van der Waals surface area contributed by atoms with Crippen LogP contribution in [0.3, 0.4) is 0 Å². The maximum absolute atomic E-state index is 7.66. The average Bonchev–Trinajstić information content (AvgIpc) is 1.50. The summed E-state index contributed by atoms with van der Waals surface area (Å²) in [6.45, 7) is 23.3. The van der Waals surface area contributed by atoms with E-state index in [9.17, 15) is 0 Å². The molecule has 4 heterocycles. The third kappa shape index (κ3) is 9.81. The number of nitrogens with zero attached hydrogens (tertiary/aromatic N) is 2. The molecule has 4 aromatic heterocycles. The Morgan fingerprint density at radius 3 is 0.943 bits per heavy atom. The van der Waals surface area contributed by atoms with Gasteiger partial charge in [-0.15, -0.1) is 0 Å². The molecule has 0 N–H and O–H groups in total. The Kier molecular flexibility index (Phi) is 14.4. The van der Waals surface area contributed by atoms with Crippen LogP contribution in [0.5, 0.6) is 0 Å². The zero-order valence-corrected chi connectivity index (χ0v) is 61.9. The first-order valence-electron chi connectivity index (χ1n) is 36.8. The molecule has 0 saturated heterocycles. The molecule has 18 aromatic rings. The molecular weight excluding hydrogens is 1300 g/mol. The minimum atomic E-state index is -2.82. The predicted octanol–water partition coefficient (Wildman–Crippen LogP) is 25.6. The Bertz CT molecular complexity index is 6120. The van der Waals surface area contributed by atoms with E-state index in [1.807, 2.05) is 0 Å². The van der Waals surface area contributed by atoms with Crippen molar-refractivity contribution in [2.75, 3.05) is 9.80 Å². The summed E-state index contributed by atoms with van der Waals surface area (Å²) < 4.78 is 29.6. The van der Waals surface area contributed by atoms with E-state index in [1.54, 1.807) is 0 Å². The first kappa shape index (κ1) is 64.0. The third-order valence-corrected chi connectivity index (χ3v) is 27.3. The second-order valence-electron chi connectivity index (χ2n) is 32.0. The van der Waals surface area contributed by atoms with Crippen LogP contribution in [0.2, 0.25) is 6.55 Å². The van der Waals surface area contributed by atoms with Gasteiger partial charge in [0.2, 0.25) is 0 Å². The zero-order chi connectivity index (χ0) is 71.5. The van der Waals surface area contributed by atoms with Crippen molar-refractivity contribution >= 4 is 146 Å². The van der Waals surface area contributed by atoms with Crippen molar-refractivity contribution in [3.8, 4) is 11.1 Å². The summed E-state index contributed by atoms with van der Waals surface area (Å²) in [6.07, 6.45) is 0. The molecule has 19 rings (SSSR count). The lowest BCUT2D eigenvalue weighted by atomic mass is 9.67. The fourth-order valence-corrected chi connectivity index (χ4v) is 20.8. The minimum absolute atomic E-state index is 0.0140. The van der Waals surface area contributed by atoms with Crippen molar-refractivity contribution < 1.29 is 17.7 Å². The van der Waals surface area contributed by atoms with E-state index in [1.165, 1.54) is 32.3 Å². The van der Waals surface area contributed by atoms with E-state index in [0.29, 0.717) is 0 Å². The lowest BCUT2D eigenvalue weighted by Crippen LogP contribution is -2.64. The maximum Gasteiger partial charge on any atom is 0.160 e. The van der Waals surface area contributed by atoms with Gasteiger partial charge < -0.3 is 27.5 Å². The quantitative estimate of drug-likeness (QED) is 0.0950. The van der Waals surface area contributed by atoms with Crippen LogP contribution in [0.4, 0.5) is 34.1 Å². The highest BCUT2D eigenvalue weighted by molar-refractivity contribution is 7.10. The number of rotatable bonds is 11. The SMILES string of the molecule is CC(C)(C)c1ccc(C2(c3ccc([Si](C)(c4ccc(C(C)(C)C)cc4)c4ccc(C(C)(C)C)cc4)cc3)c3cc(N(c4ccccc4)c4cccc5c4oc4ccccc45)c4oc5ccccc5c4c3-c3c2cc(N(c2ccccc2)c2cccc4c2oc2ccccc24)c2oc4ccccc4c32)cc1. The van der Waals surface area contributed by atoms with Gasteiger partial charge in [0.25, 0.3) is 0 Å². The first-order chi connectivity index (χ1) is 50.8. The van der Waals surface area contributed by atoms with E-state index >= 15 is 0 Å². The fourth-order valence-electron chi connectivity index (χ4n) is 17.3. The number of anilines is 6. The molecule has 14 aromatic carbocycles. The Balaban J connectivity index is 0.995. The largest absolute Gasteiger partial charge is 0.454 e.